The summed E-state index contributed by atoms with van der Waals surface area (Å²) in [5, 5.41) is 9.18. The molecule has 0 saturated carbocycles. The van der Waals surface area contributed by atoms with Crippen LogP contribution in [-0.4, -0.2) is 49.2 Å². The molecule has 0 radical (unpaired) electrons. The lowest BCUT2D eigenvalue weighted by molar-refractivity contribution is -0.143. The van der Waals surface area contributed by atoms with E-state index in [1.165, 1.54) is 25.2 Å². The maximum atomic E-state index is 14.2. The average Bonchev–Trinajstić information content (AvgIpc) is 2.53. The van der Waals surface area contributed by atoms with Crippen molar-refractivity contribution >= 4 is 11.9 Å². The highest BCUT2D eigenvalue weighted by molar-refractivity contribution is 5.95. The first kappa shape index (κ1) is 17.1. The molecular formula is C16H20FNO5. The van der Waals surface area contributed by atoms with Crippen molar-refractivity contribution in [3.63, 3.8) is 0 Å². The molecule has 2 rings (SSSR count). The largest absolute Gasteiger partial charge is 0.493 e. The van der Waals surface area contributed by atoms with Crippen LogP contribution >= 0.6 is 0 Å². The van der Waals surface area contributed by atoms with Crippen molar-refractivity contribution in [3.8, 4) is 11.5 Å². The van der Waals surface area contributed by atoms with E-state index >= 15 is 0 Å². The van der Waals surface area contributed by atoms with Gasteiger partial charge in [0.1, 0.15) is 5.82 Å². The van der Waals surface area contributed by atoms with Gasteiger partial charge in [0.2, 0.25) is 0 Å². The molecule has 0 spiro atoms. The van der Waals surface area contributed by atoms with E-state index in [2.05, 4.69) is 0 Å². The molecule has 2 atom stereocenters. The van der Waals surface area contributed by atoms with Gasteiger partial charge >= 0.3 is 5.97 Å². The van der Waals surface area contributed by atoms with Gasteiger partial charge in [0.25, 0.3) is 5.91 Å². The van der Waals surface area contributed by atoms with Crippen LogP contribution in [0.15, 0.2) is 12.1 Å². The number of aliphatic carboxylic acids is 1. The number of amides is 1. The Labute approximate surface area is 133 Å². The van der Waals surface area contributed by atoms with Gasteiger partial charge < -0.3 is 19.5 Å². The van der Waals surface area contributed by atoms with Crippen LogP contribution in [0, 0.1) is 17.7 Å². The molecule has 1 aliphatic rings. The highest BCUT2D eigenvalue weighted by Crippen LogP contribution is 2.31. The van der Waals surface area contributed by atoms with Crippen LogP contribution in [0.2, 0.25) is 0 Å². The number of benzene rings is 1. The highest BCUT2D eigenvalue weighted by atomic mass is 19.1. The third kappa shape index (κ3) is 3.55. The van der Waals surface area contributed by atoms with Crippen molar-refractivity contribution in [2.45, 2.75) is 13.3 Å². The number of piperidine rings is 1. The van der Waals surface area contributed by atoms with Gasteiger partial charge in [-0.05, 0) is 18.4 Å². The molecule has 6 nitrogen and oxygen atoms in total. The number of hydrogen-bond acceptors (Lipinski definition) is 4. The molecule has 1 aliphatic heterocycles. The lowest BCUT2D eigenvalue weighted by Gasteiger charge is -2.34. The zero-order valence-corrected chi connectivity index (χ0v) is 13.3. The standard InChI is InChI=1S/C16H20FNO5/c1-9-4-10(16(20)21)8-18(7-9)15(19)11-5-13(22-2)14(23-3)6-12(11)17/h5-6,9-10H,4,7-8H2,1-3H3,(H,20,21). The molecule has 0 aliphatic carbocycles. The number of carboxylic acid groups (broad SMARTS) is 1. The molecule has 0 bridgehead atoms. The van der Waals surface area contributed by atoms with Gasteiger partial charge in [-0.15, -0.1) is 0 Å². The van der Waals surface area contributed by atoms with E-state index < -0.39 is 23.6 Å². The number of carbonyl (C=O) groups excluding carboxylic acids is 1. The minimum absolute atomic E-state index is 0.0389. The van der Waals surface area contributed by atoms with Crippen LogP contribution in [0.5, 0.6) is 11.5 Å². The fourth-order valence-corrected chi connectivity index (χ4v) is 2.88. The minimum Gasteiger partial charge on any atom is -0.493 e. The second kappa shape index (κ2) is 6.85. The number of hydrogen-bond donors (Lipinski definition) is 1. The number of likely N-dealkylation sites (tertiary alicyclic amines) is 1. The van der Waals surface area contributed by atoms with Gasteiger partial charge in [-0.2, -0.15) is 0 Å². The van der Waals surface area contributed by atoms with Crippen LogP contribution in [0.1, 0.15) is 23.7 Å². The quantitative estimate of drug-likeness (QED) is 0.916. The van der Waals surface area contributed by atoms with Gasteiger partial charge in [0.05, 0.1) is 25.7 Å². The van der Waals surface area contributed by atoms with E-state index in [1.807, 2.05) is 6.92 Å². The third-order valence-electron chi connectivity index (χ3n) is 4.00. The van der Waals surface area contributed by atoms with Crippen LogP contribution in [-0.2, 0) is 4.79 Å². The Hall–Kier alpha value is -2.31. The summed E-state index contributed by atoms with van der Waals surface area (Å²) in [5.41, 5.74) is -0.152. The molecule has 1 aromatic carbocycles. The first-order valence-electron chi connectivity index (χ1n) is 7.31. The summed E-state index contributed by atoms with van der Waals surface area (Å²) in [7, 11) is 2.77. The molecule has 1 heterocycles. The maximum Gasteiger partial charge on any atom is 0.308 e. The van der Waals surface area contributed by atoms with Gasteiger partial charge in [0.15, 0.2) is 11.5 Å². The van der Waals surface area contributed by atoms with Crippen LogP contribution in [0.25, 0.3) is 0 Å². The van der Waals surface area contributed by atoms with Crippen molar-refractivity contribution in [1.29, 1.82) is 0 Å². The van der Waals surface area contributed by atoms with E-state index in [-0.39, 0.29) is 29.5 Å². The predicted octanol–water partition coefficient (Wildman–Crippen LogP) is 2.03. The van der Waals surface area contributed by atoms with Gasteiger partial charge in [-0.3, -0.25) is 9.59 Å². The van der Waals surface area contributed by atoms with E-state index in [9.17, 15) is 19.1 Å². The number of carbonyl (C=O) groups is 2. The zero-order valence-electron chi connectivity index (χ0n) is 13.3. The van der Waals surface area contributed by atoms with Crippen molar-refractivity contribution in [2.24, 2.45) is 11.8 Å². The lowest BCUT2D eigenvalue weighted by Crippen LogP contribution is -2.45. The fraction of sp³-hybridized carbons (Fsp3) is 0.500. The van der Waals surface area contributed by atoms with Gasteiger partial charge in [0, 0.05) is 19.2 Å². The van der Waals surface area contributed by atoms with E-state index in [0.717, 1.165) is 6.07 Å². The Morgan fingerprint density at radius 2 is 1.83 bits per heavy atom. The topological polar surface area (TPSA) is 76.1 Å². The fourth-order valence-electron chi connectivity index (χ4n) is 2.88. The molecule has 23 heavy (non-hydrogen) atoms. The zero-order chi connectivity index (χ0) is 17.1. The smallest absolute Gasteiger partial charge is 0.308 e. The normalized spacial score (nSPS) is 21.0. The Balaban J connectivity index is 2.30. The summed E-state index contributed by atoms with van der Waals surface area (Å²) in [6, 6.07) is 2.37. The molecule has 1 amide bonds. The lowest BCUT2D eigenvalue weighted by atomic mass is 9.90. The van der Waals surface area contributed by atoms with E-state index in [1.54, 1.807) is 0 Å². The summed E-state index contributed by atoms with van der Waals surface area (Å²) >= 11 is 0. The number of ether oxygens (including phenoxy) is 2. The molecule has 1 fully saturated rings. The van der Waals surface area contributed by atoms with Crippen molar-refractivity contribution in [1.82, 2.24) is 4.90 Å². The van der Waals surface area contributed by atoms with Crippen molar-refractivity contribution in [3.05, 3.63) is 23.5 Å². The summed E-state index contributed by atoms with van der Waals surface area (Å²) in [4.78, 5) is 25.2. The summed E-state index contributed by atoms with van der Waals surface area (Å²) in [5.74, 6) is -2.36. The van der Waals surface area contributed by atoms with Crippen LogP contribution < -0.4 is 9.47 Å². The predicted molar refractivity (Wildman–Crippen MR) is 80.3 cm³/mol. The first-order chi connectivity index (χ1) is 10.9. The van der Waals surface area contributed by atoms with Crippen LogP contribution in [0.3, 0.4) is 0 Å². The Kier molecular flexibility index (Phi) is 5.08. The Morgan fingerprint density at radius 1 is 1.22 bits per heavy atom. The molecule has 2 unspecified atom stereocenters. The molecule has 0 aromatic heterocycles. The van der Waals surface area contributed by atoms with E-state index in [4.69, 9.17) is 9.47 Å². The molecule has 126 valence electrons. The number of rotatable bonds is 4. The van der Waals surface area contributed by atoms with Crippen molar-refractivity contribution in [2.75, 3.05) is 27.3 Å². The molecular weight excluding hydrogens is 305 g/mol. The minimum atomic E-state index is -0.942. The van der Waals surface area contributed by atoms with Crippen molar-refractivity contribution < 1.29 is 28.6 Å². The SMILES string of the molecule is COc1cc(F)c(C(=O)N2CC(C)CC(C(=O)O)C2)cc1OC. The monoisotopic (exact) mass is 325 g/mol. The number of nitrogens with zero attached hydrogens (tertiary/aromatic N) is 1. The molecule has 7 heteroatoms. The summed E-state index contributed by atoms with van der Waals surface area (Å²) in [6.07, 6.45) is 0.507. The summed E-state index contributed by atoms with van der Waals surface area (Å²) in [6.45, 7) is 2.35. The second-order valence-electron chi connectivity index (χ2n) is 5.77. The number of carboxylic acids is 1. The maximum absolute atomic E-state index is 14.2. The molecule has 1 aromatic rings. The summed E-state index contributed by atoms with van der Waals surface area (Å²) < 4.78 is 24.3. The second-order valence-corrected chi connectivity index (χ2v) is 5.77. The number of methoxy groups -OCH3 is 2. The number of halogens is 1. The van der Waals surface area contributed by atoms with E-state index in [0.29, 0.717) is 13.0 Å². The van der Waals surface area contributed by atoms with Gasteiger partial charge in [-0.1, -0.05) is 6.92 Å². The van der Waals surface area contributed by atoms with Gasteiger partial charge in [-0.25, -0.2) is 4.39 Å². The Bertz CT molecular complexity index is 619. The molecule has 1 saturated heterocycles. The Morgan fingerprint density at radius 3 is 2.39 bits per heavy atom. The average molecular weight is 325 g/mol. The van der Waals surface area contributed by atoms with Crippen LogP contribution in [0.4, 0.5) is 4.39 Å². The third-order valence-corrected chi connectivity index (χ3v) is 4.00. The first-order valence-corrected chi connectivity index (χ1v) is 7.31. The molecule has 1 N–H and O–H groups in total. The highest BCUT2D eigenvalue weighted by Gasteiger charge is 2.33.